The van der Waals surface area contributed by atoms with E-state index in [9.17, 15) is 14.0 Å². The van der Waals surface area contributed by atoms with Crippen LogP contribution in [0, 0.1) is 18.7 Å². The van der Waals surface area contributed by atoms with Crippen molar-refractivity contribution in [1.82, 2.24) is 14.7 Å². The largest absolute Gasteiger partial charge is 0.481 e. The summed E-state index contributed by atoms with van der Waals surface area (Å²) < 4.78 is 14.7. The molecule has 0 bridgehead atoms. The van der Waals surface area contributed by atoms with Crippen molar-refractivity contribution >= 4 is 11.9 Å². The number of hydrogen-bond acceptors (Lipinski definition) is 3. The van der Waals surface area contributed by atoms with Gasteiger partial charge in [0.1, 0.15) is 5.82 Å². The molecule has 0 radical (unpaired) electrons. The van der Waals surface area contributed by atoms with Crippen molar-refractivity contribution in [1.29, 1.82) is 0 Å². The number of likely N-dealkylation sites (tertiary alicyclic amines) is 1. The molecular formula is C19H22FN3O3. The lowest BCUT2D eigenvalue weighted by Crippen LogP contribution is -2.40. The van der Waals surface area contributed by atoms with Crippen LogP contribution in [0.3, 0.4) is 0 Å². The number of rotatable bonds is 5. The fourth-order valence-corrected chi connectivity index (χ4v) is 3.40. The number of carbonyl (C=O) groups excluding carboxylic acids is 1. The number of carbonyl (C=O) groups is 2. The van der Waals surface area contributed by atoms with Crippen LogP contribution in [0.15, 0.2) is 30.3 Å². The van der Waals surface area contributed by atoms with Crippen LogP contribution in [-0.2, 0) is 4.79 Å². The molecule has 2 heterocycles. The molecule has 1 aliphatic heterocycles. The molecule has 26 heavy (non-hydrogen) atoms. The highest BCUT2D eigenvalue weighted by molar-refractivity contribution is 5.92. The average molecular weight is 359 g/mol. The molecule has 138 valence electrons. The summed E-state index contributed by atoms with van der Waals surface area (Å²) in [6.07, 6.45) is 2.53. The minimum Gasteiger partial charge on any atom is -0.481 e. The van der Waals surface area contributed by atoms with Gasteiger partial charge in [-0.25, -0.2) is 9.07 Å². The molecule has 1 aromatic carbocycles. The van der Waals surface area contributed by atoms with Gasteiger partial charge in [0.25, 0.3) is 5.91 Å². The zero-order chi connectivity index (χ0) is 18.7. The van der Waals surface area contributed by atoms with Crippen molar-refractivity contribution in [3.05, 3.63) is 47.5 Å². The second kappa shape index (κ2) is 7.68. The number of aromatic nitrogens is 2. The molecule has 1 saturated heterocycles. The first-order chi connectivity index (χ1) is 12.4. The number of carboxylic acid groups (broad SMARTS) is 1. The van der Waals surface area contributed by atoms with E-state index in [0.29, 0.717) is 30.9 Å². The highest BCUT2D eigenvalue weighted by Gasteiger charge is 2.26. The van der Waals surface area contributed by atoms with E-state index in [1.54, 1.807) is 27.8 Å². The van der Waals surface area contributed by atoms with Crippen LogP contribution in [0.1, 0.15) is 41.9 Å². The summed E-state index contributed by atoms with van der Waals surface area (Å²) in [6.45, 7) is 3.07. The Kier molecular flexibility index (Phi) is 5.35. The van der Waals surface area contributed by atoms with Gasteiger partial charge < -0.3 is 10.0 Å². The van der Waals surface area contributed by atoms with Crippen LogP contribution < -0.4 is 0 Å². The summed E-state index contributed by atoms with van der Waals surface area (Å²) in [5.41, 5.74) is 1.84. The highest BCUT2D eigenvalue weighted by Crippen LogP contribution is 2.23. The van der Waals surface area contributed by atoms with Gasteiger partial charge >= 0.3 is 5.97 Å². The average Bonchev–Trinajstić information content (AvgIpc) is 3.02. The SMILES string of the molecule is Cc1cc(C(=O)N2CCCC(CCC(=O)O)C2)nn1-c1ccc(F)cc1. The molecule has 1 unspecified atom stereocenters. The minimum atomic E-state index is -0.804. The van der Waals surface area contributed by atoms with Gasteiger partial charge in [0.15, 0.2) is 5.69 Å². The maximum Gasteiger partial charge on any atom is 0.303 e. The van der Waals surface area contributed by atoms with Crippen molar-refractivity contribution in [3.8, 4) is 5.69 Å². The monoisotopic (exact) mass is 359 g/mol. The first kappa shape index (κ1) is 18.1. The third kappa shape index (κ3) is 4.09. The van der Waals surface area contributed by atoms with Gasteiger partial charge in [-0.05, 0) is 62.4 Å². The Balaban J connectivity index is 1.72. The molecule has 0 saturated carbocycles. The topological polar surface area (TPSA) is 75.4 Å². The Hall–Kier alpha value is -2.70. The fraction of sp³-hybridized carbons (Fsp3) is 0.421. The van der Waals surface area contributed by atoms with E-state index in [2.05, 4.69) is 5.10 Å². The van der Waals surface area contributed by atoms with E-state index in [0.717, 1.165) is 18.5 Å². The van der Waals surface area contributed by atoms with E-state index in [1.807, 2.05) is 6.92 Å². The molecule has 1 aliphatic rings. The summed E-state index contributed by atoms with van der Waals surface area (Å²) in [5, 5.41) is 13.2. The molecule has 6 nitrogen and oxygen atoms in total. The zero-order valence-corrected chi connectivity index (χ0v) is 14.7. The summed E-state index contributed by atoms with van der Waals surface area (Å²) >= 11 is 0. The van der Waals surface area contributed by atoms with E-state index < -0.39 is 5.97 Å². The molecular weight excluding hydrogens is 337 g/mol. The smallest absolute Gasteiger partial charge is 0.303 e. The second-order valence-corrected chi connectivity index (χ2v) is 6.75. The number of carboxylic acids is 1. The molecule has 1 fully saturated rings. The number of nitrogens with zero attached hydrogens (tertiary/aromatic N) is 3. The molecule has 2 aromatic rings. The van der Waals surface area contributed by atoms with Gasteiger partial charge in [0.05, 0.1) is 5.69 Å². The lowest BCUT2D eigenvalue weighted by molar-refractivity contribution is -0.137. The molecule has 1 aromatic heterocycles. The first-order valence-electron chi connectivity index (χ1n) is 8.77. The summed E-state index contributed by atoms with van der Waals surface area (Å²) in [4.78, 5) is 25.3. The standard InChI is InChI=1S/C19H22FN3O3/c1-13-11-17(21-23(13)16-7-5-15(20)6-8-16)19(26)22-10-2-3-14(12-22)4-9-18(24)25/h5-8,11,14H,2-4,9-10,12H2,1H3,(H,24,25). The highest BCUT2D eigenvalue weighted by atomic mass is 19.1. The number of hydrogen-bond donors (Lipinski definition) is 1. The third-order valence-corrected chi connectivity index (χ3v) is 4.75. The first-order valence-corrected chi connectivity index (χ1v) is 8.77. The molecule has 0 spiro atoms. The van der Waals surface area contributed by atoms with Crippen LogP contribution in [0.4, 0.5) is 4.39 Å². The molecule has 7 heteroatoms. The number of aliphatic carboxylic acids is 1. The zero-order valence-electron chi connectivity index (χ0n) is 14.7. The van der Waals surface area contributed by atoms with Gasteiger partial charge in [-0.2, -0.15) is 5.10 Å². The Labute approximate surface area is 151 Å². The Bertz CT molecular complexity index is 801. The number of halogens is 1. The van der Waals surface area contributed by atoms with Crippen molar-refractivity contribution in [3.63, 3.8) is 0 Å². The van der Waals surface area contributed by atoms with E-state index in [4.69, 9.17) is 5.11 Å². The van der Waals surface area contributed by atoms with Crippen LogP contribution in [0.2, 0.25) is 0 Å². The van der Waals surface area contributed by atoms with Gasteiger partial charge in [0.2, 0.25) is 0 Å². The molecule has 1 amide bonds. The fourth-order valence-electron chi connectivity index (χ4n) is 3.40. The number of benzene rings is 1. The van der Waals surface area contributed by atoms with Gasteiger partial charge in [-0.1, -0.05) is 0 Å². The molecule has 1 N–H and O–H groups in total. The van der Waals surface area contributed by atoms with E-state index in [-0.39, 0.29) is 24.1 Å². The molecule has 1 atom stereocenters. The summed E-state index contributed by atoms with van der Waals surface area (Å²) in [7, 11) is 0. The second-order valence-electron chi connectivity index (χ2n) is 6.75. The van der Waals surface area contributed by atoms with Crippen LogP contribution in [-0.4, -0.2) is 44.8 Å². The summed E-state index contributed by atoms with van der Waals surface area (Å²) in [6, 6.07) is 7.68. The van der Waals surface area contributed by atoms with Gasteiger partial charge in [-0.3, -0.25) is 9.59 Å². The van der Waals surface area contributed by atoms with Crippen molar-refractivity contribution < 1.29 is 19.1 Å². The summed E-state index contributed by atoms with van der Waals surface area (Å²) in [5.74, 6) is -1.06. The Morgan fingerprint density at radius 1 is 1.31 bits per heavy atom. The predicted molar refractivity (Wildman–Crippen MR) is 93.8 cm³/mol. The maximum atomic E-state index is 13.1. The minimum absolute atomic E-state index is 0.130. The lowest BCUT2D eigenvalue weighted by Gasteiger charge is -2.32. The van der Waals surface area contributed by atoms with Crippen LogP contribution >= 0.6 is 0 Å². The van der Waals surface area contributed by atoms with Gasteiger partial charge in [0, 0.05) is 25.2 Å². The number of piperidine rings is 1. The quantitative estimate of drug-likeness (QED) is 0.890. The number of aryl methyl sites for hydroxylation is 1. The predicted octanol–water partition coefficient (Wildman–Crippen LogP) is 3.04. The Morgan fingerprint density at radius 3 is 2.73 bits per heavy atom. The van der Waals surface area contributed by atoms with Crippen molar-refractivity contribution in [2.24, 2.45) is 5.92 Å². The van der Waals surface area contributed by atoms with E-state index >= 15 is 0 Å². The number of amides is 1. The van der Waals surface area contributed by atoms with Gasteiger partial charge in [-0.15, -0.1) is 0 Å². The molecule has 3 rings (SSSR count). The van der Waals surface area contributed by atoms with E-state index in [1.165, 1.54) is 12.1 Å². The molecule has 0 aliphatic carbocycles. The van der Waals surface area contributed by atoms with Crippen LogP contribution in [0.25, 0.3) is 5.69 Å². The van der Waals surface area contributed by atoms with Crippen molar-refractivity contribution in [2.75, 3.05) is 13.1 Å². The lowest BCUT2D eigenvalue weighted by atomic mass is 9.93. The Morgan fingerprint density at radius 2 is 2.04 bits per heavy atom. The maximum absolute atomic E-state index is 13.1. The third-order valence-electron chi connectivity index (χ3n) is 4.75. The normalized spacial score (nSPS) is 17.3. The van der Waals surface area contributed by atoms with Crippen molar-refractivity contribution in [2.45, 2.75) is 32.6 Å². The van der Waals surface area contributed by atoms with Crippen LogP contribution in [0.5, 0.6) is 0 Å².